The summed E-state index contributed by atoms with van der Waals surface area (Å²) in [6, 6.07) is 4.32. The van der Waals surface area contributed by atoms with Crippen LogP contribution in [-0.4, -0.2) is 12.1 Å². The van der Waals surface area contributed by atoms with Crippen molar-refractivity contribution >= 4 is 38.0 Å². The summed E-state index contributed by atoms with van der Waals surface area (Å²) < 4.78 is 8.31. The van der Waals surface area contributed by atoms with Gasteiger partial charge in [-0.25, -0.2) is 4.79 Å². The van der Waals surface area contributed by atoms with Crippen LogP contribution in [0.3, 0.4) is 0 Å². The molecule has 144 valence electrons. The van der Waals surface area contributed by atoms with Gasteiger partial charge in [0.15, 0.2) is 0 Å². The van der Waals surface area contributed by atoms with Gasteiger partial charge in [-0.3, -0.25) is 0 Å². The van der Waals surface area contributed by atoms with E-state index >= 15 is 0 Å². The molecule has 2 aromatic heterocycles. The lowest BCUT2D eigenvalue weighted by Gasteiger charge is -2.28. The molecule has 1 fully saturated rings. The minimum atomic E-state index is -0.108. The highest BCUT2D eigenvalue weighted by Gasteiger charge is 2.25. The molecule has 0 atom stereocenters. The van der Waals surface area contributed by atoms with Gasteiger partial charge in [-0.2, -0.15) is 0 Å². The number of thiophene rings is 2. The Morgan fingerprint density at radius 3 is 2.42 bits per heavy atom. The Morgan fingerprint density at radius 1 is 1.00 bits per heavy atom. The predicted molar refractivity (Wildman–Crippen MR) is 114 cm³/mol. The SMILES string of the molecule is CCCCCc1cc2sc(C(=O)O[C@H]3CC[C@H](CCCC)CC3)cc2s1. The normalized spacial score (nSPS) is 20.5. The minimum absolute atomic E-state index is 0.108. The third-order valence-electron chi connectivity index (χ3n) is 5.52. The van der Waals surface area contributed by atoms with Gasteiger partial charge in [0, 0.05) is 14.3 Å². The molecule has 0 aromatic carbocycles. The van der Waals surface area contributed by atoms with Gasteiger partial charge in [-0.05, 0) is 56.6 Å². The number of carbonyl (C=O) groups is 1. The number of ether oxygens (including phenoxy) is 1. The van der Waals surface area contributed by atoms with Crippen molar-refractivity contribution in [3.05, 3.63) is 21.9 Å². The maximum Gasteiger partial charge on any atom is 0.348 e. The Kier molecular flexibility index (Phi) is 7.56. The van der Waals surface area contributed by atoms with Gasteiger partial charge in [-0.15, -0.1) is 22.7 Å². The molecule has 2 heterocycles. The minimum Gasteiger partial charge on any atom is -0.458 e. The summed E-state index contributed by atoms with van der Waals surface area (Å²) in [5, 5.41) is 0. The topological polar surface area (TPSA) is 26.3 Å². The van der Waals surface area contributed by atoms with E-state index in [1.807, 2.05) is 17.4 Å². The Balaban J connectivity index is 1.49. The first-order valence-electron chi connectivity index (χ1n) is 10.4. The fraction of sp³-hybridized carbons (Fsp3) is 0.682. The number of hydrogen-bond acceptors (Lipinski definition) is 4. The summed E-state index contributed by atoms with van der Waals surface area (Å²) >= 11 is 3.44. The van der Waals surface area contributed by atoms with Crippen LogP contribution < -0.4 is 0 Å². The van der Waals surface area contributed by atoms with Gasteiger partial charge in [0.1, 0.15) is 11.0 Å². The first kappa shape index (κ1) is 19.9. The van der Waals surface area contributed by atoms with Crippen molar-refractivity contribution in [1.29, 1.82) is 0 Å². The average Bonchev–Trinajstić information content (AvgIpc) is 3.20. The van der Waals surface area contributed by atoms with Gasteiger partial charge in [0.25, 0.3) is 0 Å². The van der Waals surface area contributed by atoms with Crippen LogP contribution in [0, 0.1) is 5.92 Å². The van der Waals surface area contributed by atoms with Crippen molar-refractivity contribution in [1.82, 2.24) is 0 Å². The largest absolute Gasteiger partial charge is 0.458 e. The third-order valence-corrected chi connectivity index (χ3v) is 7.85. The van der Waals surface area contributed by atoms with Crippen LogP contribution in [0.5, 0.6) is 0 Å². The van der Waals surface area contributed by atoms with Crippen molar-refractivity contribution in [3.63, 3.8) is 0 Å². The lowest BCUT2D eigenvalue weighted by molar-refractivity contribution is 0.0166. The number of rotatable bonds is 9. The molecule has 1 saturated carbocycles. The standard InChI is InChI=1S/C22H32O2S2/c1-3-5-7-9-18-14-19-20(25-18)15-21(26-19)22(23)24-17-12-10-16(11-13-17)8-6-4-2/h14-17H,3-13H2,1-2H3/t16-,17-. The lowest BCUT2D eigenvalue weighted by atomic mass is 9.84. The lowest BCUT2D eigenvalue weighted by Crippen LogP contribution is -2.24. The van der Waals surface area contributed by atoms with Crippen LogP contribution in [0.2, 0.25) is 0 Å². The van der Waals surface area contributed by atoms with Crippen LogP contribution in [0.15, 0.2) is 12.1 Å². The van der Waals surface area contributed by atoms with Crippen molar-refractivity contribution in [2.45, 2.75) is 90.6 Å². The van der Waals surface area contributed by atoms with Gasteiger partial charge < -0.3 is 4.74 Å². The van der Waals surface area contributed by atoms with E-state index < -0.39 is 0 Å². The molecule has 1 aliphatic carbocycles. The quantitative estimate of drug-likeness (QED) is 0.324. The second-order valence-corrected chi connectivity index (χ2v) is 9.95. The molecule has 0 saturated heterocycles. The summed E-state index contributed by atoms with van der Waals surface area (Å²) in [4.78, 5) is 14.7. The van der Waals surface area contributed by atoms with Crippen molar-refractivity contribution < 1.29 is 9.53 Å². The summed E-state index contributed by atoms with van der Waals surface area (Å²) in [6.45, 7) is 4.50. The summed E-state index contributed by atoms with van der Waals surface area (Å²) in [5.41, 5.74) is 0. The average molecular weight is 393 g/mol. The number of fused-ring (bicyclic) bond motifs is 1. The molecule has 26 heavy (non-hydrogen) atoms. The van der Waals surface area contributed by atoms with Crippen molar-refractivity contribution in [2.75, 3.05) is 0 Å². The molecule has 4 heteroatoms. The molecule has 0 spiro atoms. The maximum absolute atomic E-state index is 12.5. The van der Waals surface area contributed by atoms with E-state index in [9.17, 15) is 4.79 Å². The number of esters is 1. The predicted octanol–water partition coefficient (Wildman–Crippen LogP) is 7.60. The van der Waals surface area contributed by atoms with Crippen molar-refractivity contribution in [3.8, 4) is 0 Å². The van der Waals surface area contributed by atoms with Crippen LogP contribution in [0.4, 0.5) is 0 Å². The number of carbonyl (C=O) groups excluding carboxylic acids is 1. The second kappa shape index (κ2) is 9.89. The van der Waals surface area contributed by atoms with E-state index in [1.165, 1.54) is 72.1 Å². The smallest absolute Gasteiger partial charge is 0.348 e. The molecule has 1 aliphatic rings. The zero-order chi connectivity index (χ0) is 18.4. The molecular formula is C22H32O2S2. The number of aryl methyl sites for hydroxylation is 1. The fourth-order valence-electron chi connectivity index (χ4n) is 3.90. The molecule has 0 radical (unpaired) electrons. The Morgan fingerprint density at radius 2 is 1.73 bits per heavy atom. The molecule has 0 amide bonds. The molecule has 2 nitrogen and oxygen atoms in total. The van der Waals surface area contributed by atoms with E-state index in [0.717, 1.165) is 23.6 Å². The second-order valence-electron chi connectivity index (χ2n) is 7.70. The van der Waals surface area contributed by atoms with Gasteiger partial charge in [-0.1, -0.05) is 46.0 Å². The molecular weight excluding hydrogens is 360 g/mol. The molecule has 2 aromatic rings. The highest BCUT2D eigenvalue weighted by Crippen LogP contribution is 2.35. The van der Waals surface area contributed by atoms with E-state index in [2.05, 4.69) is 19.9 Å². The fourth-order valence-corrected chi connectivity index (χ4v) is 6.25. The molecule has 0 aliphatic heterocycles. The number of unbranched alkanes of at least 4 members (excludes halogenated alkanes) is 3. The van der Waals surface area contributed by atoms with Gasteiger partial charge >= 0.3 is 5.97 Å². The van der Waals surface area contributed by atoms with Gasteiger partial charge in [0.05, 0.1) is 0 Å². The summed E-state index contributed by atoms with van der Waals surface area (Å²) in [7, 11) is 0. The van der Waals surface area contributed by atoms with E-state index in [0.29, 0.717) is 0 Å². The zero-order valence-electron chi connectivity index (χ0n) is 16.2. The summed E-state index contributed by atoms with van der Waals surface area (Å²) in [6.07, 6.45) is 13.6. The van der Waals surface area contributed by atoms with E-state index in [4.69, 9.17) is 4.74 Å². The van der Waals surface area contributed by atoms with Crippen LogP contribution in [-0.2, 0) is 11.2 Å². The molecule has 0 bridgehead atoms. The summed E-state index contributed by atoms with van der Waals surface area (Å²) in [5.74, 6) is 0.742. The molecule has 3 rings (SSSR count). The third kappa shape index (κ3) is 5.32. The Labute approximate surface area is 166 Å². The van der Waals surface area contributed by atoms with Gasteiger partial charge in [0.2, 0.25) is 0 Å². The maximum atomic E-state index is 12.5. The van der Waals surface area contributed by atoms with E-state index in [-0.39, 0.29) is 12.1 Å². The Bertz CT molecular complexity index is 661. The van der Waals surface area contributed by atoms with Crippen LogP contribution >= 0.6 is 22.7 Å². The van der Waals surface area contributed by atoms with Crippen LogP contribution in [0.1, 0.15) is 92.6 Å². The van der Waals surface area contributed by atoms with Crippen molar-refractivity contribution in [2.24, 2.45) is 5.92 Å². The molecule has 0 unspecified atom stereocenters. The Hall–Kier alpha value is -0.870. The first-order chi connectivity index (χ1) is 12.7. The highest BCUT2D eigenvalue weighted by atomic mass is 32.1. The number of hydrogen-bond donors (Lipinski definition) is 0. The highest BCUT2D eigenvalue weighted by molar-refractivity contribution is 7.28. The first-order valence-corrected chi connectivity index (χ1v) is 12.1. The monoisotopic (exact) mass is 392 g/mol. The zero-order valence-corrected chi connectivity index (χ0v) is 17.9. The van der Waals surface area contributed by atoms with Crippen LogP contribution in [0.25, 0.3) is 9.40 Å². The molecule has 0 N–H and O–H groups in total. The van der Waals surface area contributed by atoms with E-state index in [1.54, 1.807) is 11.3 Å².